The van der Waals surface area contributed by atoms with Crippen molar-refractivity contribution in [2.24, 2.45) is 0 Å². The van der Waals surface area contributed by atoms with Crippen LogP contribution in [0.25, 0.3) is 0 Å². The summed E-state index contributed by atoms with van der Waals surface area (Å²) in [5, 5.41) is 9.60. The van der Waals surface area contributed by atoms with Gasteiger partial charge in [-0.25, -0.2) is 8.78 Å². The highest BCUT2D eigenvalue weighted by atomic mass is 79.9. The summed E-state index contributed by atoms with van der Waals surface area (Å²) in [6.07, 6.45) is 0. The number of aromatic nitrogens is 3. The van der Waals surface area contributed by atoms with Crippen LogP contribution in [0.5, 0.6) is 5.75 Å². The second-order valence-electron chi connectivity index (χ2n) is 7.71. The quantitative estimate of drug-likeness (QED) is 0.450. The van der Waals surface area contributed by atoms with Crippen molar-refractivity contribution < 1.29 is 18.3 Å². The molecule has 0 aliphatic heterocycles. The molecule has 2 N–H and O–H groups in total. The van der Waals surface area contributed by atoms with E-state index in [4.69, 9.17) is 4.74 Å². The summed E-state index contributed by atoms with van der Waals surface area (Å²) in [5.74, 6) is -1.45. The predicted octanol–water partition coefficient (Wildman–Crippen LogP) is 2.84. The number of amides is 1. The Bertz CT molecular complexity index is 1210. The number of aryl methyl sites for hydroxylation is 1. The highest BCUT2D eigenvalue weighted by Crippen LogP contribution is 2.24. The molecule has 1 amide bonds. The van der Waals surface area contributed by atoms with E-state index in [0.29, 0.717) is 30.2 Å². The molecule has 0 fully saturated rings. The Morgan fingerprint density at radius 1 is 1.27 bits per heavy atom. The molecule has 0 unspecified atom stereocenters. The molecule has 0 spiro atoms. The van der Waals surface area contributed by atoms with E-state index in [0.717, 1.165) is 12.1 Å². The van der Waals surface area contributed by atoms with Gasteiger partial charge in [-0.05, 0) is 55.1 Å². The molecule has 0 aliphatic carbocycles. The van der Waals surface area contributed by atoms with Gasteiger partial charge < -0.3 is 19.5 Å². The van der Waals surface area contributed by atoms with Crippen LogP contribution in [-0.2, 0) is 13.2 Å². The molecule has 3 rings (SSSR count). The van der Waals surface area contributed by atoms with Gasteiger partial charge in [-0.1, -0.05) is 0 Å². The Morgan fingerprint density at radius 2 is 2.03 bits per heavy atom. The van der Waals surface area contributed by atoms with Crippen molar-refractivity contribution in [3.05, 3.63) is 79.4 Å². The Morgan fingerprint density at radius 3 is 2.73 bits per heavy atom. The van der Waals surface area contributed by atoms with Crippen molar-refractivity contribution in [2.75, 3.05) is 27.2 Å². The fourth-order valence-corrected chi connectivity index (χ4v) is 3.46. The second kappa shape index (κ2) is 10.7. The Labute approximate surface area is 197 Å². The average Bonchev–Trinajstić information content (AvgIpc) is 3.22. The highest BCUT2D eigenvalue weighted by Gasteiger charge is 2.16. The van der Waals surface area contributed by atoms with Gasteiger partial charge in [-0.3, -0.25) is 14.7 Å². The molecule has 0 radical (unpaired) electrons. The van der Waals surface area contributed by atoms with Gasteiger partial charge in [0.05, 0.1) is 12.2 Å². The normalized spacial score (nSPS) is 11.1. The smallest absolute Gasteiger partial charge is 0.269 e. The third-order valence-corrected chi connectivity index (χ3v) is 5.58. The van der Waals surface area contributed by atoms with E-state index < -0.39 is 11.6 Å². The van der Waals surface area contributed by atoms with Crippen LogP contribution in [0.1, 0.15) is 27.4 Å². The van der Waals surface area contributed by atoms with Gasteiger partial charge in [-0.2, -0.15) is 5.10 Å². The summed E-state index contributed by atoms with van der Waals surface area (Å²) >= 11 is 3.24. The third-order valence-electron chi connectivity index (χ3n) is 4.85. The van der Waals surface area contributed by atoms with Crippen molar-refractivity contribution >= 4 is 21.8 Å². The van der Waals surface area contributed by atoms with Crippen LogP contribution in [0, 0.1) is 18.6 Å². The van der Waals surface area contributed by atoms with Gasteiger partial charge in [0.1, 0.15) is 34.2 Å². The third kappa shape index (κ3) is 6.26. The standard InChI is InChI=1S/C22H24BrF2N5O3/c1-13-8-19(33-12-14-4-5-15(24)9-17(14)25)20(23)22(32)30(13)11-16-10-18(28-27-16)21(31)26-6-7-29(2)3/h4-5,8-10H,6-7,11-12H2,1-3H3,(H,26,31)(H,27,28). The van der Waals surface area contributed by atoms with Gasteiger partial charge in [0.25, 0.3) is 11.5 Å². The lowest BCUT2D eigenvalue weighted by Gasteiger charge is -2.14. The fraction of sp³-hybridized carbons (Fsp3) is 0.318. The number of hydrogen-bond donors (Lipinski definition) is 2. The number of nitrogens with one attached hydrogen (secondary N) is 2. The first-order valence-corrected chi connectivity index (χ1v) is 10.9. The Hall–Kier alpha value is -3.05. The monoisotopic (exact) mass is 523 g/mol. The molecule has 11 heteroatoms. The minimum absolute atomic E-state index is 0.137. The topological polar surface area (TPSA) is 92.2 Å². The van der Waals surface area contributed by atoms with Crippen LogP contribution in [-0.4, -0.2) is 52.8 Å². The number of hydrogen-bond acceptors (Lipinski definition) is 5. The first-order chi connectivity index (χ1) is 15.7. The molecule has 0 aliphatic rings. The number of aromatic amines is 1. The Kier molecular flexibility index (Phi) is 7.98. The van der Waals surface area contributed by atoms with Gasteiger partial charge >= 0.3 is 0 Å². The molecule has 0 atom stereocenters. The summed E-state index contributed by atoms with van der Waals surface area (Å²) in [4.78, 5) is 27.0. The van der Waals surface area contributed by atoms with Gasteiger partial charge in [0.15, 0.2) is 0 Å². The molecule has 33 heavy (non-hydrogen) atoms. The van der Waals surface area contributed by atoms with E-state index in [9.17, 15) is 18.4 Å². The number of likely N-dealkylation sites (N-methyl/N-ethyl adjacent to an activating group) is 1. The first kappa shape index (κ1) is 24.6. The molecule has 0 bridgehead atoms. The molecule has 3 aromatic rings. The zero-order valence-electron chi connectivity index (χ0n) is 18.4. The summed E-state index contributed by atoms with van der Waals surface area (Å²) < 4.78 is 34.1. The van der Waals surface area contributed by atoms with Gasteiger partial charge in [-0.15, -0.1) is 0 Å². The predicted molar refractivity (Wildman–Crippen MR) is 122 cm³/mol. The SMILES string of the molecule is Cc1cc(OCc2ccc(F)cc2F)c(Br)c(=O)n1Cc1cc(C(=O)NCCN(C)C)[nH]n1. The maximum atomic E-state index is 13.8. The van der Waals surface area contributed by atoms with E-state index in [-0.39, 0.29) is 40.4 Å². The van der Waals surface area contributed by atoms with Crippen molar-refractivity contribution in [3.8, 4) is 5.75 Å². The fourth-order valence-electron chi connectivity index (χ4n) is 3.02. The average molecular weight is 524 g/mol. The van der Waals surface area contributed by atoms with E-state index in [1.807, 2.05) is 19.0 Å². The van der Waals surface area contributed by atoms with E-state index in [1.165, 1.54) is 10.6 Å². The van der Waals surface area contributed by atoms with Crippen molar-refractivity contribution in [2.45, 2.75) is 20.1 Å². The molecule has 2 aromatic heterocycles. The zero-order chi connectivity index (χ0) is 24.1. The molecule has 8 nitrogen and oxygen atoms in total. The van der Waals surface area contributed by atoms with Crippen LogP contribution >= 0.6 is 15.9 Å². The van der Waals surface area contributed by atoms with Crippen LogP contribution in [0.2, 0.25) is 0 Å². The lowest BCUT2D eigenvalue weighted by molar-refractivity contribution is 0.0946. The largest absolute Gasteiger partial charge is 0.487 e. The lowest BCUT2D eigenvalue weighted by Crippen LogP contribution is -2.31. The number of rotatable bonds is 9. The van der Waals surface area contributed by atoms with Crippen molar-refractivity contribution in [3.63, 3.8) is 0 Å². The number of carbonyl (C=O) groups excluding carboxylic acids is 1. The van der Waals surface area contributed by atoms with Crippen LogP contribution in [0.3, 0.4) is 0 Å². The molecule has 1 aromatic carbocycles. The van der Waals surface area contributed by atoms with Crippen LogP contribution in [0.15, 0.2) is 39.6 Å². The molecule has 0 saturated heterocycles. The summed E-state index contributed by atoms with van der Waals surface area (Å²) in [6.45, 7) is 2.89. The van der Waals surface area contributed by atoms with Crippen molar-refractivity contribution in [1.82, 2.24) is 25.0 Å². The highest BCUT2D eigenvalue weighted by molar-refractivity contribution is 9.10. The molecular formula is C22H24BrF2N5O3. The van der Waals surface area contributed by atoms with E-state index >= 15 is 0 Å². The number of H-pyrrole nitrogens is 1. The number of pyridine rings is 1. The molecule has 176 valence electrons. The Balaban J connectivity index is 1.71. The van der Waals surface area contributed by atoms with Crippen LogP contribution in [0.4, 0.5) is 8.78 Å². The van der Waals surface area contributed by atoms with Crippen LogP contribution < -0.4 is 15.6 Å². The van der Waals surface area contributed by atoms with Crippen molar-refractivity contribution in [1.29, 1.82) is 0 Å². The number of carbonyl (C=O) groups is 1. The van der Waals surface area contributed by atoms with E-state index in [2.05, 4.69) is 31.4 Å². The summed E-state index contributed by atoms with van der Waals surface area (Å²) in [5.41, 5.74) is 1.18. The number of benzene rings is 1. The van der Waals surface area contributed by atoms with Gasteiger partial charge in [0, 0.05) is 36.5 Å². The summed E-state index contributed by atoms with van der Waals surface area (Å²) in [7, 11) is 3.83. The maximum absolute atomic E-state index is 13.8. The molecule has 2 heterocycles. The van der Waals surface area contributed by atoms with E-state index in [1.54, 1.807) is 19.1 Å². The lowest BCUT2D eigenvalue weighted by atomic mass is 10.2. The second-order valence-corrected chi connectivity index (χ2v) is 8.50. The number of ether oxygens (including phenoxy) is 1. The summed E-state index contributed by atoms with van der Waals surface area (Å²) in [6, 6.07) is 6.43. The molecular weight excluding hydrogens is 500 g/mol. The minimum atomic E-state index is -0.726. The number of halogens is 3. The zero-order valence-corrected chi connectivity index (χ0v) is 20.0. The first-order valence-electron chi connectivity index (χ1n) is 10.1. The maximum Gasteiger partial charge on any atom is 0.269 e. The molecule has 0 saturated carbocycles. The minimum Gasteiger partial charge on any atom is -0.487 e. The number of nitrogens with zero attached hydrogens (tertiary/aromatic N) is 3. The van der Waals surface area contributed by atoms with Gasteiger partial charge in [0.2, 0.25) is 0 Å².